The number of piperidine rings is 1. The van der Waals surface area contributed by atoms with E-state index in [4.69, 9.17) is 0 Å². The molecule has 0 spiro atoms. The molecule has 1 aliphatic carbocycles. The lowest BCUT2D eigenvalue weighted by atomic mass is 9.89. The number of rotatable bonds is 4. The van der Waals surface area contributed by atoms with Gasteiger partial charge >= 0.3 is 0 Å². The molecular formula is C20H23N3O4. The number of nitrogens with zero attached hydrogens (tertiary/aromatic N) is 1. The second-order valence-corrected chi connectivity index (χ2v) is 7.59. The van der Waals surface area contributed by atoms with E-state index < -0.39 is 23.8 Å². The van der Waals surface area contributed by atoms with Crippen LogP contribution in [0.3, 0.4) is 0 Å². The largest absolute Gasteiger partial charge is 0.385 e. The van der Waals surface area contributed by atoms with Crippen molar-refractivity contribution in [1.82, 2.24) is 10.2 Å². The van der Waals surface area contributed by atoms with E-state index in [1.165, 1.54) is 32.1 Å². The fourth-order valence-electron chi connectivity index (χ4n) is 4.23. The van der Waals surface area contributed by atoms with Crippen LogP contribution < -0.4 is 10.6 Å². The summed E-state index contributed by atoms with van der Waals surface area (Å²) in [7, 11) is 0. The molecule has 27 heavy (non-hydrogen) atoms. The van der Waals surface area contributed by atoms with Crippen LogP contribution >= 0.6 is 0 Å². The maximum absolute atomic E-state index is 12.8. The van der Waals surface area contributed by atoms with Gasteiger partial charge in [0.15, 0.2) is 0 Å². The van der Waals surface area contributed by atoms with Crippen LogP contribution in [0.2, 0.25) is 0 Å². The minimum atomic E-state index is -0.922. The van der Waals surface area contributed by atoms with E-state index in [0.717, 1.165) is 17.1 Å². The zero-order chi connectivity index (χ0) is 19.0. The first kappa shape index (κ1) is 17.7. The van der Waals surface area contributed by atoms with Gasteiger partial charge in [0, 0.05) is 18.7 Å². The maximum Gasteiger partial charge on any atom is 0.262 e. The molecule has 142 valence electrons. The number of carbonyl (C=O) groups excluding carboxylic acids is 4. The van der Waals surface area contributed by atoms with Gasteiger partial charge in [-0.15, -0.1) is 0 Å². The minimum absolute atomic E-state index is 0.123. The number of imide groups is 2. The highest BCUT2D eigenvalue weighted by Gasteiger charge is 2.44. The summed E-state index contributed by atoms with van der Waals surface area (Å²) in [5.41, 5.74) is 1.44. The summed E-state index contributed by atoms with van der Waals surface area (Å²) in [5.74, 6) is -1.25. The normalized spacial score (nSPS) is 23.4. The lowest BCUT2D eigenvalue weighted by molar-refractivity contribution is -0.136. The summed E-state index contributed by atoms with van der Waals surface area (Å²) in [6, 6.07) is 4.23. The first-order valence-electron chi connectivity index (χ1n) is 9.64. The molecule has 1 atom stereocenters. The zero-order valence-electron chi connectivity index (χ0n) is 15.1. The number of hydrogen-bond donors (Lipinski definition) is 2. The van der Waals surface area contributed by atoms with Crippen molar-refractivity contribution in [2.75, 3.05) is 11.9 Å². The van der Waals surface area contributed by atoms with Gasteiger partial charge in [0.1, 0.15) is 6.04 Å². The number of anilines is 1. The van der Waals surface area contributed by atoms with Gasteiger partial charge in [0.05, 0.1) is 11.1 Å². The third-order valence-electron chi connectivity index (χ3n) is 5.76. The molecule has 0 radical (unpaired) electrons. The Morgan fingerprint density at radius 3 is 2.44 bits per heavy atom. The summed E-state index contributed by atoms with van der Waals surface area (Å²) in [5, 5.41) is 5.59. The minimum Gasteiger partial charge on any atom is -0.385 e. The predicted molar refractivity (Wildman–Crippen MR) is 98.2 cm³/mol. The first-order chi connectivity index (χ1) is 13.0. The molecule has 4 rings (SSSR count). The van der Waals surface area contributed by atoms with Crippen molar-refractivity contribution in [2.45, 2.75) is 51.0 Å². The van der Waals surface area contributed by atoms with Gasteiger partial charge in [0.25, 0.3) is 11.8 Å². The standard InChI is InChI=1S/C20H23N3O4/c24-17-9-8-16(18(25)22-17)23-19(26)14-7-6-13(10-15(14)20(23)27)21-11-12-4-2-1-3-5-12/h6-7,10,12,16,21H,1-5,8-9,11H2,(H,22,24,25). The lowest BCUT2D eigenvalue weighted by Crippen LogP contribution is -2.54. The topological polar surface area (TPSA) is 95.6 Å². The van der Waals surface area contributed by atoms with E-state index in [1.54, 1.807) is 18.2 Å². The van der Waals surface area contributed by atoms with Crippen LogP contribution in [0.4, 0.5) is 5.69 Å². The third kappa shape index (κ3) is 3.34. The highest BCUT2D eigenvalue weighted by Crippen LogP contribution is 2.30. The van der Waals surface area contributed by atoms with E-state index in [1.807, 2.05) is 0 Å². The maximum atomic E-state index is 12.8. The summed E-state index contributed by atoms with van der Waals surface area (Å²) in [6.45, 7) is 0.859. The van der Waals surface area contributed by atoms with Gasteiger partial charge in [-0.3, -0.25) is 29.4 Å². The zero-order valence-corrected chi connectivity index (χ0v) is 15.1. The fraction of sp³-hybridized carbons (Fsp3) is 0.500. The third-order valence-corrected chi connectivity index (χ3v) is 5.76. The molecule has 7 heteroatoms. The molecule has 0 bridgehead atoms. The van der Waals surface area contributed by atoms with Crippen LogP contribution in [0.5, 0.6) is 0 Å². The Kier molecular flexibility index (Phi) is 4.68. The van der Waals surface area contributed by atoms with E-state index in [0.29, 0.717) is 17.0 Å². The first-order valence-corrected chi connectivity index (χ1v) is 9.64. The van der Waals surface area contributed by atoms with Crippen molar-refractivity contribution in [3.05, 3.63) is 29.3 Å². The molecule has 2 fully saturated rings. The van der Waals surface area contributed by atoms with Crippen molar-refractivity contribution < 1.29 is 19.2 Å². The van der Waals surface area contributed by atoms with Gasteiger partial charge in [-0.1, -0.05) is 19.3 Å². The molecule has 1 aromatic carbocycles. The number of fused-ring (bicyclic) bond motifs is 1. The second kappa shape index (κ2) is 7.13. The average molecular weight is 369 g/mol. The van der Waals surface area contributed by atoms with Gasteiger partial charge in [0.2, 0.25) is 11.8 Å². The van der Waals surface area contributed by atoms with E-state index >= 15 is 0 Å². The Morgan fingerprint density at radius 1 is 0.963 bits per heavy atom. The number of benzene rings is 1. The predicted octanol–water partition coefficient (Wildman–Crippen LogP) is 2.08. The van der Waals surface area contributed by atoms with Crippen molar-refractivity contribution in [3.8, 4) is 0 Å². The Balaban J connectivity index is 1.49. The molecule has 0 aromatic heterocycles. The van der Waals surface area contributed by atoms with Crippen LogP contribution in [0.25, 0.3) is 0 Å². The second-order valence-electron chi connectivity index (χ2n) is 7.59. The van der Waals surface area contributed by atoms with E-state index in [9.17, 15) is 19.2 Å². The Labute approximate surface area is 157 Å². The molecule has 4 amide bonds. The average Bonchev–Trinajstić information content (AvgIpc) is 2.92. The lowest BCUT2D eigenvalue weighted by Gasteiger charge is -2.27. The summed E-state index contributed by atoms with van der Waals surface area (Å²) in [4.78, 5) is 49.9. The van der Waals surface area contributed by atoms with Crippen LogP contribution in [0, 0.1) is 5.92 Å². The molecule has 1 unspecified atom stereocenters. The van der Waals surface area contributed by atoms with Crippen molar-refractivity contribution in [3.63, 3.8) is 0 Å². The highest BCUT2D eigenvalue weighted by atomic mass is 16.2. The number of carbonyl (C=O) groups is 4. The summed E-state index contributed by atoms with van der Waals surface area (Å²) in [6.07, 6.45) is 6.58. The number of amides is 4. The summed E-state index contributed by atoms with van der Waals surface area (Å²) >= 11 is 0. The fourth-order valence-corrected chi connectivity index (χ4v) is 4.23. The Morgan fingerprint density at radius 2 is 1.70 bits per heavy atom. The van der Waals surface area contributed by atoms with Crippen LogP contribution in [0.15, 0.2) is 18.2 Å². The molecule has 1 saturated heterocycles. The van der Waals surface area contributed by atoms with Crippen LogP contribution in [-0.4, -0.2) is 41.1 Å². The summed E-state index contributed by atoms with van der Waals surface area (Å²) < 4.78 is 0. The number of hydrogen-bond acceptors (Lipinski definition) is 5. The van der Waals surface area contributed by atoms with Crippen molar-refractivity contribution in [1.29, 1.82) is 0 Å². The molecule has 2 N–H and O–H groups in total. The van der Waals surface area contributed by atoms with Crippen LogP contribution in [-0.2, 0) is 9.59 Å². The van der Waals surface area contributed by atoms with Gasteiger partial charge < -0.3 is 5.32 Å². The van der Waals surface area contributed by atoms with E-state index in [-0.39, 0.29) is 18.7 Å². The van der Waals surface area contributed by atoms with Gasteiger partial charge in [-0.25, -0.2) is 0 Å². The van der Waals surface area contributed by atoms with Crippen molar-refractivity contribution >= 4 is 29.3 Å². The molecule has 2 heterocycles. The molecule has 7 nitrogen and oxygen atoms in total. The molecule has 1 aromatic rings. The van der Waals surface area contributed by atoms with Crippen molar-refractivity contribution in [2.24, 2.45) is 5.92 Å². The Bertz CT molecular complexity index is 813. The Hall–Kier alpha value is -2.70. The smallest absolute Gasteiger partial charge is 0.262 e. The SMILES string of the molecule is O=C1CCC(N2C(=O)c3ccc(NCC4CCCCC4)cc3C2=O)C(=O)N1. The monoisotopic (exact) mass is 369 g/mol. The molecule has 1 saturated carbocycles. The molecule has 3 aliphatic rings. The van der Waals surface area contributed by atoms with Crippen LogP contribution in [0.1, 0.15) is 65.7 Å². The van der Waals surface area contributed by atoms with E-state index in [2.05, 4.69) is 10.6 Å². The van der Waals surface area contributed by atoms with Gasteiger partial charge in [-0.05, 0) is 43.4 Å². The molecular weight excluding hydrogens is 346 g/mol. The van der Waals surface area contributed by atoms with Gasteiger partial charge in [-0.2, -0.15) is 0 Å². The highest BCUT2D eigenvalue weighted by molar-refractivity contribution is 6.23. The molecule has 2 aliphatic heterocycles. The quantitative estimate of drug-likeness (QED) is 0.792. The number of nitrogens with one attached hydrogen (secondary N) is 2.